The molecule has 3 atom stereocenters. The summed E-state index contributed by atoms with van der Waals surface area (Å²) in [6.45, 7) is -0.225. The van der Waals surface area contributed by atoms with E-state index in [-0.39, 0.29) is 6.54 Å². The van der Waals surface area contributed by atoms with Crippen molar-refractivity contribution in [2.24, 2.45) is 11.1 Å². The summed E-state index contributed by atoms with van der Waals surface area (Å²) < 4.78 is 23.6. The van der Waals surface area contributed by atoms with E-state index in [1.165, 1.54) is 0 Å². The van der Waals surface area contributed by atoms with Crippen molar-refractivity contribution in [3.05, 3.63) is 34.9 Å². The maximum Gasteiger partial charge on any atom is 0.312 e. The van der Waals surface area contributed by atoms with E-state index in [4.69, 9.17) is 17.3 Å². The van der Waals surface area contributed by atoms with Crippen molar-refractivity contribution in [2.45, 2.75) is 11.2 Å². The molecule has 2 rings (SSSR count). The summed E-state index contributed by atoms with van der Waals surface area (Å²) in [6, 6.07) is 6.58. The first kappa shape index (κ1) is 14.3. The monoisotopic (exact) mass is 303 g/mol. The Kier molecular flexibility index (Phi) is 3.36. The fourth-order valence-corrected chi connectivity index (χ4v) is 4.91. The lowest BCUT2D eigenvalue weighted by molar-refractivity contribution is -0.143. The quantitative estimate of drug-likeness (QED) is 0.860. The van der Waals surface area contributed by atoms with Crippen molar-refractivity contribution in [2.75, 3.05) is 12.8 Å². The maximum atomic E-state index is 11.8. The lowest BCUT2D eigenvalue weighted by atomic mass is 9.99. The van der Waals surface area contributed by atoms with Crippen LogP contribution in [0, 0.1) is 5.41 Å². The summed E-state index contributed by atoms with van der Waals surface area (Å²) in [6.07, 6.45) is 1.04. The van der Waals surface area contributed by atoms with E-state index in [1.807, 2.05) is 0 Å². The van der Waals surface area contributed by atoms with Gasteiger partial charge in [-0.1, -0.05) is 23.7 Å². The zero-order chi connectivity index (χ0) is 14.4. The van der Waals surface area contributed by atoms with E-state index in [2.05, 4.69) is 0 Å². The summed E-state index contributed by atoms with van der Waals surface area (Å²) in [5.41, 5.74) is 4.69. The highest BCUT2D eigenvalue weighted by Gasteiger charge is 2.74. The molecule has 1 aliphatic rings. The van der Waals surface area contributed by atoms with Crippen LogP contribution in [0.1, 0.15) is 11.5 Å². The smallest absolute Gasteiger partial charge is 0.312 e. The number of carboxylic acids is 1. The van der Waals surface area contributed by atoms with E-state index in [9.17, 15) is 18.3 Å². The van der Waals surface area contributed by atoms with E-state index in [1.54, 1.807) is 24.3 Å². The third-order valence-electron chi connectivity index (χ3n) is 3.66. The van der Waals surface area contributed by atoms with Crippen LogP contribution in [0.15, 0.2) is 24.3 Å². The number of halogens is 1. The third kappa shape index (κ3) is 2.13. The van der Waals surface area contributed by atoms with E-state index in [0.29, 0.717) is 10.6 Å². The minimum absolute atomic E-state index is 0.225. The van der Waals surface area contributed by atoms with Crippen molar-refractivity contribution < 1.29 is 18.3 Å². The largest absolute Gasteiger partial charge is 0.481 e. The minimum Gasteiger partial charge on any atom is -0.481 e. The van der Waals surface area contributed by atoms with E-state index < -0.39 is 32.4 Å². The minimum atomic E-state index is -3.51. The second kappa shape index (κ2) is 4.47. The Bertz CT molecular complexity index is 630. The van der Waals surface area contributed by atoms with Crippen molar-refractivity contribution >= 4 is 27.4 Å². The lowest BCUT2D eigenvalue weighted by Crippen LogP contribution is -2.31. The molecule has 7 heteroatoms. The number of carboxylic acid groups (broad SMARTS) is 1. The number of hydrogen-bond donors (Lipinski definition) is 2. The number of carbonyl (C=O) groups is 1. The third-order valence-corrected chi connectivity index (χ3v) is 5.51. The van der Waals surface area contributed by atoms with Crippen LogP contribution in [0.5, 0.6) is 0 Å². The predicted molar refractivity (Wildman–Crippen MR) is 71.9 cm³/mol. The standard InChI is InChI=1S/C12H14ClNO4S/c1-19(17,18)10-9(12(10,6-14)11(15)16)7-3-2-4-8(13)5-7/h2-5,9-10H,6,14H2,1H3,(H,15,16)/t9-,10-,12+/m0/s1. The Morgan fingerprint density at radius 1 is 1.53 bits per heavy atom. The second-order valence-corrected chi connectivity index (χ2v) is 7.44. The summed E-state index contributed by atoms with van der Waals surface area (Å²) in [7, 11) is -3.51. The van der Waals surface area contributed by atoms with Crippen LogP contribution in [-0.4, -0.2) is 37.5 Å². The molecule has 0 spiro atoms. The molecular formula is C12H14ClNO4S. The zero-order valence-corrected chi connectivity index (χ0v) is 11.8. The SMILES string of the molecule is CS(=O)(=O)[C@H]1[C@H](c2cccc(Cl)c2)[C@@]1(CN)C(=O)O. The van der Waals surface area contributed by atoms with Gasteiger partial charge < -0.3 is 10.8 Å². The van der Waals surface area contributed by atoms with Gasteiger partial charge in [-0.15, -0.1) is 0 Å². The molecule has 0 bridgehead atoms. The highest BCUT2D eigenvalue weighted by atomic mass is 35.5. The molecule has 0 aliphatic heterocycles. The molecule has 0 unspecified atom stereocenters. The molecular weight excluding hydrogens is 290 g/mol. The fourth-order valence-electron chi connectivity index (χ4n) is 2.79. The molecule has 0 aromatic heterocycles. The second-order valence-electron chi connectivity index (χ2n) is 4.83. The molecule has 0 saturated heterocycles. The summed E-state index contributed by atoms with van der Waals surface area (Å²) in [5, 5.41) is 8.80. The number of nitrogens with two attached hydrogens (primary N) is 1. The number of benzene rings is 1. The number of hydrogen-bond acceptors (Lipinski definition) is 4. The molecule has 1 aliphatic carbocycles. The maximum absolute atomic E-state index is 11.8. The molecule has 1 aromatic carbocycles. The molecule has 5 nitrogen and oxygen atoms in total. The summed E-state index contributed by atoms with van der Waals surface area (Å²) in [4.78, 5) is 11.5. The first-order valence-corrected chi connectivity index (χ1v) is 7.96. The van der Waals surface area contributed by atoms with E-state index in [0.717, 1.165) is 6.26 Å². The Morgan fingerprint density at radius 2 is 2.16 bits per heavy atom. The Labute approximate surface area is 116 Å². The van der Waals surface area contributed by atoms with Gasteiger partial charge in [0.15, 0.2) is 9.84 Å². The highest BCUT2D eigenvalue weighted by molar-refractivity contribution is 7.91. The van der Waals surface area contributed by atoms with Gasteiger partial charge >= 0.3 is 5.97 Å². The van der Waals surface area contributed by atoms with Crippen LogP contribution in [0.25, 0.3) is 0 Å². The first-order chi connectivity index (χ1) is 8.75. The molecule has 104 valence electrons. The summed E-state index contributed by atoms with van der Waals surface area (Å²) in [5.74, 6) is -1.83. The molecule has 1 fully saturated rings. The molecule has 19 heavy (non-hydrogen) atoms. The molecule has 0 radical (unpaired) electrons. The van der Waals surface area contributed by atoms with Crippen LogP contribution < -0.4 is 5.73 Å². The average Bonchev–Trinajstić information content (AvgIpc) is 2.99. The fraction of sp³-hybridized carbons (Fsp3) is 0.417. The van der Waals surface area contributed by atoms with Crippen LogP contribution in [0.4, 0.5) is 0 Å². The van der Waals surface area contributed by atoms with Crippen LogP contribution in [-0.2, 0) is 14.6 Å². The van der Waals surface area contributed by atoms with Crippen LogP contribution in [0.2, 0.25) is 5.02 Å². The van der Waals surface area contributed by atoms with Gasteiger partial charge in [-0.2, -0.15) is 0 Å². The van der Waals surface area contributed by atoms with Gasteiger partial charge in [0.1, 0.15) is 5.41 Å². The van der Waals surface area contributed by atoms with Crippen molar-refractivity contribution in [1.29, 1.82) is 0 Å². The van der Waals surface area contributed by atoms with Crippen LogP contribution >= 0.6 is 11.6 Å². The highest BCUT2D eigenvalue weighted by Crippen LogP contribution is 2.62. The molecule has 1 saturated carbocycles. The van der Waals surface area contributed by atoms with Crippen molar-refractivity contribution in [1.82, 2.24) is 0 Å². The van der Waals surface area contributed by atoms with Gasteiger partial charge in [0.2, 0.25) is 0 Å². The van der Waals surface area contributed by atoms with Gasteiger partial charge in [-0.3, -0.25) is 4.79 Å². The first-order valence-electron chi connectivity index (χ1n) is 5.63. The topological polar surface area (TPSA) is 97.5 Å². The number of sulfone groups is 1. The zero-order valence-electron chi connectivity index (χ0n) is 10.2. The molecule has 0 heterocycles. The predicted octanol–water partition coefficient (Wildman–Crippen LogP) is 0.880. The van der Waals surface area contributed by atoms with Crippen molar-refractivity contribution in [3.63, 3.8) is 0 Å². The van der Waals surface area contributed by atoms with Crippen molar-refractivity contribution in [3.8, 4) is 0 Å². The number of aliphatic carboxylic acids is 1. The molecule has 1 aromatic rings. The van der Waals surface area contributed by atoms with Gasteiger partial charge in [0, 0.05) is 23.7 Å². The molecule has 0 amide bonds. The lowest BCUT2D eigenvalue weighted by Gasteiger charge is -2.09. The van der Waals surface area contributed by atoms with Crippen LogP contribution in [0.3, 0.4) is 0 Å². The molecule has 3 N–H and O–H groups in total. The van der Waals surface area contributed by atoms with Gasteiger partial charge in [-0.05, 0) is 17.7 Å². The Hall–Kier alpha value is -1.11. The average molecular weight is 304 g/mol. The number of rotatable bonds is 4. The Morgan fingerprint density at radius 3 is 2.53 bits per heavy atom. The van der Waals surface area contributed by atoms with Gasteiger partial charge in [-0.25, -0.2) is 8.42 Å². The van der Waals surface area contributed by atoms with E-state index >= 15 is 0 Å². The summed E-state index contributed by atoms with van der Waals surface area (Å²) >= 11 is 5.87. The normalized spacial score (nSPS) is 30.1. The van der Waals surface area contributed by atoms with Gasteiger partial charge in [0.05, 0.1) is 5.25 Å². The Balaban J connectivity index is 2.53. The van der Waals surface area contributed by atoms with Gasteiger partial charge in [0.25, 0.3) is 0 Å².